The van der Waals surface area contributed by atoms with Gasteiger partial charge in [0.1, 0.15) is 0 Å². The number of para-hydroxylation sites is 1. The molecule has 1 fully saturated rings. The topological polar surface area (TPSA) is 35.6 Å². The maximum absolute atomic E-state index is 12.4. The summed E-state index contributed by atoms with van der Waals surface area (Å²) < 4.78 is 0.896. The number of urea groups is 1. The standard InChI is InChI=1S/C19H22BrN3O/c1-14-11-15(2)13-16(12-14)22-7-9-23(10-8-22)19(24)21-18-6-4-3-5-17(18)20/h3-6,11-13H,7-10H2,1-2H3,(H,21,24). The van der Waals surface area contributed by atoms with Gasteiger partial charge in [0, 0.05) is 36.3 Å². The number of hydrogen-bond donors (Lipinski definition) is 1. The van der Waals surface area contributed by atoms with Crippen LogP contribution < -0.4 is 10.2 Å². The number of hydrogen-bond acceptors (Lipinski definition) is 2. The molecule has 1 aliphatic heterocycles. The summed E-state index contributed by atoms with van der Waals surface area (Å²) in [4.78, 5) is 16.7. The fraction of sp³-hybridized carbons (Fsp3) is 0.316. The molecule has 0 saturated carbocycles. The van der Waals surface area contributed by atoms with Crippen molar-refractivity contribution in [2.75, 3.05) is 36.4 Å². The van der Waals surface area contributed by atoms with E-state index in [9.17, 15) is 4.79 Å². The van der Waals surface area contributed by atoms with E-state index in [2.05, 4.69) is 58.2 Å². The Balaban J connectivity index is 1.60. The number of carbonyl (C=O) groups excluding carboxylic acids is 1. The minimum Gasteiger partial charge on any atom is -0.368 e. The second-order valence-corrected chi connectivity index (χ2v) is 7.08. The molecule has 4 nitrogen and oxygen atoms in total. The third-order valence-corrected chi connectivity index (χ3v) is 4.95. The zero-order valence-electron chi connectivity index (χ0n) is 14.1. The average Bonchev–Trinajstić information content (AvgIpc) is 2.56. The van der Waals surface area contributed by atoms with Crippen LogP contribution in [0, 0.1) is 13.8 Å². The minimum absolute atomic E-state index is 0.0398. The molecule has 3 rings (SSSR count). The largest absolute Gasteiger partial charge is 0.368 e. The van der Waals surface area contributed by atoms with Gasteiger partial charge in [-0.1, -0.05) is 18.2 Å². The number of halogens is 1. The number of benzene rings is 2. The Hall–Kier alpha value is -2.01. The highest BCUT2D eigenvalue weighted by atomic mass is 79.9. The number of carbonyl (C=O) groups is 1. The smallest absolute Gasteiger partial charge is 0.321 e. The third-order valence-electron chi connectivity index (χ3n) is 4.25. The van der Waals surface area contributed by atoms with E-state index in [0.717, 1.165) is 36.3 Å². The highest BCUT2D eigenvalue weighted by molar-refractivity contribution is 9.10. The number of nitrogens with zero attached hydrogens (tertiary/aromatic N) is 2. The maximum atomic E-state index is 12.4. The molecule has 0 aromatic heterocycles. The Labute approximate surface area is 151 Å². The molecule has 5 heteroatoms. The molecule has 2 aromatic carbocycles. The lowest BCUT2D eigenvalue weighted by Crippen LogP contribution is -2.50. The zero-order valence-corrected chi connectivity index (χ0v) is 15.6. The molecule has 0 bridgehead atoms. The van der Waals surface area contributed by atoms with Crippen molar-refractivity contribution in [1.29, 1.82) is 0 Å². The van der Waals surface area contributed by atoms with Gasteiger partial charge in [0.25, 0.3) is 0 Å². The van der Waals surface area contributed by atoms with Crippen molar-refractivity contribution >= 4 is 33.3 Å². The molecule has 1 aliphatic rings. The Kier molecular flexibility index (Phi) is 5.09. The maximum Gasteiger partial charge on any atom is 0.321 e. The van der Waals surface area contributed by atoms with Gasteiger partial charge in [-0.3, -0.25) is 0 Å². The monoisotopic (exact) mass is 387 g/mol. The van der Waals surface area contributed by atoms with E-state index in [-0.39, 0.29) is 6.03 Å². The van der Waals surface area contributed by atoms with Gasteiger partial charge in [0.2, 0.25) is 0 Å². The second kappa shape index (κ2) is 7.26. The first-order chi connectivity index (χ1) is 11.5. The molecule has 126 valence electrons. The molecular weight excluding hydrogens is 366 g/mol. The molecule has 0 spiro atoms. The van der Waals surface area contributed by atoms with Gasteiger partial charge < -0.3 is 15.1 Å². The summed E-state index contributed by atoms with van der Waals surface area (Å²) in [5, 5.41) is 2.97. The molecule has 1 heterocycles. The highest BCUT2D eigenvalue weighted by Gasteiger charge is 2.22. The van der Waals surface area contributed by atoms with Crippen LogP contribution in [0.2, 0.25) is 0 Å². The first kappa shape index (κ1) is 16.8. The fourth-order valence-corrected chi connectivity index (χ4v) is 3.44. The van der Waals surface area contributed by atoms with E-state index in [0.29, 0.717) is 0 Å². The van der Waals surface area contributed by atoms with Crippen molar-refractivity contribution in [3.05, 3.63) is 58.1 Å². The van der Waals surface area contributed by atoms with E-state index < -0.39 is 0 Å². The summed E-state index contributed by atoms with van der Waals surface area (Å²) in [6.45, 7) is 7.40. The number of rotatable bonds is 2. The van der Waals surface area contributed by atoms with Gasteiger partial charge in [0.15, 0.2) is 0 Å². The van der Waals surface area contributed by atoms with Crippen LogP contribution in [0.3, 0.4) is 0 Å². The lowest BCUT2D eigenvalue weighted by molar-refractivity contribution is 0.208. The summed E-state index contributed by atoms with van der Waals surface area (Å²) in [6, 6.07) is 14.2. The van der Waals surface area contributed by atoms with Gasteiger partial charge in [-0.15, -0.1) is 0 Å². The number of nitrogens with one attached hydrogen (secondary N) is 1. The van der Waals surface area contributed by atoms with Gasteiger partial charge in [0.05, 0.1) is 5.69 Å². The molecule has 1 N–H and O–H groups in total. The number of amides is 2. The van der Waals surface area contributed by atoms with Crippen molar-refractivity contribution in [1.82, 2.24) is 4.90 Å². The lowest BCUT2D eigenvalue weighted by Gasteiger charge is -2.36. The predicted molar refractivity (Wildman–Crippen MR) is 103 cm³/mol. The van der Waals surface area contributed by atoms with Crippen LogP contribution in [-0.4, -0.2) is 37.1 Å². The van der Waals surface area contributed by atoms with Crippen LogP contribution >= 0.6 is 15.9 Å². The number of anilines is 2. The van der Waals surface area contributed by atoms with Crippen molar-refractivity contribution in [3.63, 3.8) is 0 Å². The van der Waals surface area contributed by atoms with E-state index in [4.69, 9.17) is 0 Å². The molecule has 0 atom stereocenters. The summed E-state index contributed by atoms with van der Waals surface area (Å²) in [5.41, 5.74) is 4.61. The predicted octanol–water partition coefficient (Wildman–Crippen LogP) is 4.42. The summed E-state index contributed by atoms with van der Waals surface area (Å²) in [6.07, 6.45) is 0. The van der Waals surface area contributed by atoms with Crippen LogP contribution in [-0.2, 0) is 0 Å². The van der Waals surface area contributed by atoms with Crippen molar-refractivity contribution < 1.29 is 4.79 Å². The van der Waals surface area contributed by atoms with E-state index >= 15 is 0 Å². The fourth-order valence-electron chi connectivity index (χ4n) is 3.06. The van der Waals surface area contributed by atoms with Crippen LogP contribution in [0.4, 0.5) is 16.2 Å². The first-order valence-electron chi connectivity index (χ1n) is 8.16. The zero-order chi connectivity index (χ0) is 17.1. The van der Waals surface area contributed by atoms with Crippen molar-refractivity contribution in [3.8, 4) is 0 Å². The third kappa shape index (κ3) is 3.90. The molecule has 2 amide bonds. The first-order valence-corrected chi connectivity index (χ1v) is 8.96. The highest BCUT2D eigenvalue weighted by Crippen LogP contribution is 2.23. The number of aryl methyl sites for hydroxylation is 2. The molecule has 24 heavy (non-hydrogen) atoms. The Morgan fingerprint density at radius 1 is 1.00 bits per heavy atom. The van der Waals surface area contributed by atoms with Gasteiger partial charge in [-0.2, -0.15) is 0 Å². The Morgan fingerprint density at radius 2 is 1.62 bits per heavy atom. The molecule has 0 aliphatic carbocycles. The van der Waals surface area contributed by atoms with E-state index in [1.807, 2.05) is 29.2 Å². The normalized spacial score (nSPS) is 14.6. The average molecular weight is 388 g/mol. The Morgan fingerprint density at radius 3 is 2.25 bits per heavy atom. The SMILES string of the molecule is Cc1cc(C)cc(N2CCN(C(=O)Nc3ccccc3Br)CC2)c1. The van der Waals surface area contributed by atoms with Gasteiger partial charge in [-0.05, 0) is 65.2 Å². The van der Waals surface area contributed by atoms with E-state index in [1.165, 1.54) is 16.8 Å². The van der Waals surface area contributed by atoms with Gasteiger partial charge >= 0.3 is 6.03 Å². The molecule has 2 aromatic rings. The van der Waals surface area contributed by atoms with E-state index in [1.54, 1.807) is 0 Å². The molecule has 1 saturated heterocycles. The molecule has 0 unspecified atom stereocenters. The number of piperazine rings is 1. The summed E-state index contributed by atoms with van der Waals surface area (Å²) in [7, 11) is 0. The van der Waals surface area contributed by atoms with Crippen LogP contribution in [0.25, 0.3) is 0 Å². The second-order valence-electron chi connectivity index (χ2n) is 6.23. The van der Waals surface area contributed by atoms with Gasteiger partial charge in [-0.25, -0.2) is 4.79 Å². The van der Waals surface area contributed by atoms with Crippen LogP contribution in [0.15, 0.2) is 46.9 Å². The Bertz CT molecular complexity index is 719. The quantitative estimate of drug-likeness (QED) is 0.827. The van der Waals surface area contributed by atoms with Crippen LogP contribution in [0.1, 0.15) is 11.1 Å². The van der Waals surface area contributed by atoms with Crippen molar-refractivity contribution in [2.45, 2.75) is 13.8 Å². The molecular formula is C19H22BrN3O. The van der Waals surface area contributed by atoms with Crippen LogP contribution in [0.5, 0.6) is 0 Å². The minimum atomic E-state index is -0.0398. The van der Waals surface area contributed by atoms with Crippen molar-refractivity contribution in [2.24, 2.45) is 0 Å². The summed E-state index contributed by atoms with van der Waals surface area (Å²) >= 11 is 3.46. The molecule has 0 radical (unpaired) electrons. The lowest BCUT2D eigenvalue weighted by atomic mass is 10.1. The summed E-state index contributed by atoms with van der Waals surface area (Å²) in [5.74, 6) is 0.